The minimum atomic E-state index is -0.476. The normalized spacial score (nSPS) is 10.4. The van der Waals surface area contributed by atoms with Crippen LogP contribution in [0.25, 0.3) is 0 Å². The van der Waals surface area contributed by atoms with Crippen LogP contribution >= 0.6 is 11.8 Å². The van der Waals surface area contributed by atoms with Gasteiger partial charge in [0.25, 0.3) is 0 Å². The molecule has 0 aliphatic carbocycles. The number of anilines is 1. The summed E-state index contributed by atoms with van der Waals surface area (Å²) in [5, 5.41) is 18.3. The van der Waals surface area contributed by atoms with Crippen molar-refractivity contribution in [1.82, 2.24) is 19.7 Å². The van der Waals surface area contributed by atoms with Crippen molar-refractivity contribution in [3.05, 3.63) is 28.8 Å². The lowest BCUT2D eigenvalue weighted by Crippen LogP contribution is -2.05. The quantitative estimate of drug-likeness (QED) is 0.505. The molecule has 0 fully saturated rings. The molecule has 0 amide bonds. The molecule has 0 atom stereocenters. The smallest absolute Gasteiger partial charge is 0.343 e. The van der Waals surface area contributed by atoms with Gasteiger partial charge in [0.05, 0.1) is 16.0 Å². The topological polar surface area (TPSA) is 98.8 Å². The van der Waals surface area contributed by atoms with E-state index in [1.54, 1.807) is 24.1 Å². The van der Waals surface area contributed by atoms with Crippen molar-refractivity contribution in [3.8, 4) is 0 Å². The number of nitrogens with one attached hydrogen (secondary N) is 1. The zero-order chi connectivity index (χ0) is 13.8. The van der Waals surface area contributed by atoms with Crippen LogP contribution in [0.1, 0.15) is 6.92 Å². The van der Waals surface area contributed by atoms with Gasteiger partial charge in [0.1, 0.15) is 6.33 Å². The Morgan fingerprint density at radius 3 is 2.89 bits per heavy atom. The van der Waals surface area contributed by atoms with Crippen LogP contribution in [-0.4, -0.2) is 31.2 Å². The number of aryl methyl sites for hydroxylation is 1. The molecule has 0 bridgehead atoms. The van der Waals surface area contributed by atoms with Crippen molar-refractivity contribution in [3.63, 3.8) is 0 Å². The van der Waals surface area contributed by atoms with Crippen molar-refractivity contribution in [1.29, 1.82) is 0 Å². The van der Waals surface area contributed by atoms with Gasteiger partial charge in [0, 0.05) is 19.8 Å². The fraction of sp³-hybridized carbons (Fsp3) is 0.300. The molecule has 2 heterocycles. The monoisotopic (exact) mass is 280 g/mol. The van der Waals surface area contributed by atoms with E-state index in [9.17, 15) is 10.1 Å². The predicted octanol–water partition coefficient (Wildman–Crippen LogP) is 1.70. The molecule has 0 aliphatic rings. The van der Waals surface area contributed by atoms with Gasteiger partial charge in [-0.05, 0) is 6.92 Å². The number of hydrogen-bond acceptors (Lipinski definition) is 7. The first-order valence-corrected chi connectivity index (χ1v) is 6.33. The van der Waals surface area contributed by atoms with Gasteiger partial charge in [-0.25, -0.2) is 9.97 Å². The van der Waals surface area contributed by atoms with Gasteiger partial charge in [-0.1, -0.05) is 11.8 Å². The standard InChI is InChI=1S/C10H12N6O2S/c1-3-11-9-8(16(17)18)10(13-6-12-9)19-7-4-14-15(2)5-7/h4-6H,3H2,1-2H3,(H,11,12,13). The lowest BCUT2D eigenvalue weighted by molar-refractivity contribution is -0.387. The summed E-state index contributed by atoms with van der Waals surface area (Å²) in [4.78, 5) is 19.4. The number of aromatic nitrogens is 4. The molecule has 2 aromatic rings. The highest BCUT2D eigenvalue weighted by Crippen LogP contribution is 2.35. The van der Waals surface area contributed by atoms with Gasteiger partial charge in [0.2, 0.25) is 5.82 Å². The summed E-state index contributed by atoms with van der Waals surface area (Å²) in [6, 6.07) is 0. The van der Waals surface area contributed by atoms with E-state index >= 15 is 0 Å². The molecule has 0 radical (unpaired) electrons. The third-order valence-corrected chi connectivity index (χ3v) is 3.15. The molecule has 2 aromatic heterocycles. The van der Waals surface area contributed by atoms with E-state index in [-0.39, 0.29) is 11.5 Å². The van der Waals surface area contributed by atoms with Crippen LogP contribution in [0.5, 0.6) is 0 Å². The van der Waals surface area contributed by atoms with Crippen molar-refractivity contribution >= 4 is 23.3 Å². The Morgan fingerprint density at radius 2 is 2.32 bits per heavy atom. The Balaban J connectivity index is 2.38. The zero-order valence-corrected chi connectivity index (χ0v) is 11.2. The molecule has 0 aromatic carbocycles. The highest BCUT2D eigenvalue weighted by atomic mass is 32.2. The second kappa shape index (κ2) is 5.65. The minimum Gasteiger partial charge on any atom is -0.364 e. The van der Waals surface area contributed by atoms with Gasteiger partial charge < -0.3 is 5.32 Å². The number of rotatable bonds is 5. The molecule has 1 N–H and O–H groups in total. The van der Waals surface area contributed by atoms with Crippen molar-refractivity contribution in [2.24, 2.45) is 7.05 Å². The van der Waals surface area contributed by atoms with Crippen molar-refractivity contribution in [2.75, 3.05) is 11.9 Å². The maximum Gasteiger partial charge on any atom is 0.343 e. The van der Waals surface area contributed by atoms with Crippen molar-refractivity contribution < 1.29 is 4.92 Å². The Bertz CT molecular complexity index is 599. The summed E-state index contributed by atoms with van der Waals surface area (Å²) in [5.41, 5.74) is -0.113. The van der Waals surface area contributed by atoms with E-state index < -0.39 is 4.92 Å². The van der Waals surface area contributed by atoms with Gasteiger partial charge in [0.15, 0.2) is 5.03 Å². The molecule has 2 rings (SSSR count). The van der Waals surface area contributed by atoms with Crippen LogP contribution in [-0.2, 0) is 7.05 Å². The number of hydrogen-bond donors (Lipinski definition) is 1. The maximum absolute atomic E-state index is 11.2. The fourth-order valence-corrected chi connectivity index (χ4v) is 2.36. The first-order valence-electron chi connectivity index (χ1n) is 5.51. The largest absolute Gasteiger partial charge is 0.364 e. The molecule has 100 valence electrons. The predicted molar refractivity (Wildman–Crippen MR) is 70.2 cm³/mol. The summed E-state index contributed by atoms with van der Waals surface area (Å²) in [7, 11) is 1.78. The fourth-order valence-electron chi connectivity index (χ4n) is 1.46. The Hall–Kier alpha value is -2.16. The molecule has 8 nitrogen and oxygen atoms in total. The van der Waals surface area contributed by atoms with E-state index in [1.165, 1.54) is 18.1 Å². The molecular weight excluding hydrogens is 268 g/mol. The molecule has 9 heteroatoms. The Labute approximate surface area is 113 Å². The van der Waals surface area contributed by atoms with Crippen molar-refractivity contribution in [2.45, 2.75) is 16.8 Å². The molecule has 0 saturated heterocycles. The first-order chi connectivity index (χ1) is 9.11. The molecule has 0 saturated carbocycles. The average Bonchev–Trinajstić information content (AvgIpc) is 2.75. The van der Waals surface area contributed by atoms with E-state index in [0.717, 1.165) is 4.90 Å². The molecular formula is C10H12N6O2S. The van der Waals surface area contributed by atoms with E-state index in [1.807, 2.05) is 6.92 Å². The summed E-state index contributed by atoms with van der Waals surface area (Å²) in [6.45, 7) is 2.40. The molecule has 0 aliphatic heterocycles. The van der Waals surface area contributed by atoms with Gasteiger partial charge >= 0.3 is 5.69 Å². The summed E-state index contributed by atoms with van der Waals surface area (Å²) >= 11 is 1.19. The van der Waals surface area contributed by atoms with Gasteiger partial charge in [-0.2, -0.15) is 5.10 Å². The van der Waals surface area contributed by atoms with Crippen LogP contribution < -0.4 is 5.32 Å². The first kappa shape index (κ1) is 13.3. The third-order valence-electron chi connectivity index (χ3n) is 2.21. The summed E-state index contributed by atoms with van der Waals surface area (Å²) in [6.07, 6.45) is 4.70. The molecule has 0 unspecified atom stereocenters. The SMILES string of the molecule is CCNc1ncnc(Sc2cnn(C)c2)c1[N+](=O)[O-]. The van der Waals surface area contributed by atoms with E-state index in [4.69, 9.17) is 0 Å². The average molecular weight is 280 g/mol. The van der Waals surface area contributed by atoms with E-state index in [2.05, 4.69) is 20.4 Å². The Morgan fingerprint density at radius 1 is 1.53 bits per heavy atom. The lowest BCUT2D eigenvalue weighted by atomic mass is 10.5. The third kappa shape index (κ3) is 2.99. The number of nitrogens with zero attached hydrogens (tertiary/aromatic N) is 5. The summed E-state index contributed by atoms with van der Waals surface area (Å²) in [5.74, 6) is 0.230. The van der Waals surface area contributed by atoms with Crippen LogP contribution in [0.4, 0.5) is 11.5 Å². The summed E-state index contributed by atoms with van der Waals surface area (Å²) < 4.78 is 1.63. The second-order valence-corrected chi connectivity index (χ2v) is 4.68. The maximum atomic E-state index is 11.2. The van der Waals surface area contributed by atoms with Gasteiger partial charge in [-0.3, -0.25) is 14.8 Å². The molecule has 19 heavy (non-hydrogen) atoms. The van der Waals surface area contributed by atoms with E-state index in [0.29, 0.717) is 11.6 Å². The highest BCUT2D eigenvalue weighted by molar-refractivity contribution is 7.99. The highest BCUT2D eigenvalue weighted by Gasteiger charge is 2.23. The van der Waals surface area contributed by atoms with Crippen LogP contribution in [0.3, 0.4) is 0 Å². The zero-order valence-electron chi connectivity index (χ0n) is 10.4. The van der Waals surface area contributed by atoms with Crippen LogP contribution in [0, 0.1) is 10.1 Å². The Kier molecular flexibility index (Phi) is 3.95. The lowest BCUT2D eigenvalue weighted by Gasteiger charge is -2.05. The minimum absolute atomic E-state index is 0.113. The molecule has 0 spiro atoms. The second-order valence-electron chi connectivity index (χ2n) is 3.62. The van der Waals surface area contributed by atoms with Gasteiger partial charge in [-0.15, -0.1) is 0 Å². The van der Waals surface area contributed by atoms with Crippen LogP contribution in [0.15, 0.2) is 28.6 Å². The number of nitro groups is 1. The van der Waals surface area contributed by atoms with Crippen LogP contribution in [0.2, 0.25) is 0 Å².